The molecular formula is C31H29N5O5S. The van der Waals surface area contributed by atoms with Gasteiger partial charge in [0.25, 0.3) is 15.9 Å². The molecule has 11 heteroatoms. The van der Waals surface area contributed by atoms with Gasteiger partial charge in [-0.3, -0.25) is 14.4 Å². The number of fused-ring (bicyclic) bond motifs is 2. The maximum atomic E-state index is 13.8. The van der Waals surface area contributed by atoms with Crippen molar-refractivity contribution in [1.82, 2.24) is 24.5 Å². The van der Waals surface area contributed by atoms with E-state index in [-0.39, 0.29) is 49.1 Å². The molecule has 4 heterocycles. The molecule has 4 aromatic rings. The van der Waals surface area contributed by atoms with Crippen molar-refractivity contribution in [2.24, 2.45) is 0 Å². The van der Waals surface area contributed by atoms with E-state index in [4.69, 9.17) is 0 Å². The van der Waals surface area contributed by atoms with Crippen LogP contribution in [0.3, 0.4) is 0 Å². The van der Waals surface area contributed by atoms with Crippen LogP contribution in [0.1, 0.15) is 34.5 Å². The summed E-state index contributed by atoms with van der Waals surface area (Å²) in [6.07, 6.45) is 2.32. The molecule has 0 saturated carbocycles. The molecule has 0 spiro atoms. The number of para-hydroxylation sites is 1. The van der Waals surface area contributed by atoms with Crippen molar-refractivity contribution in [3.05, 3.63) is 102 Å². The fraction of sp³-hybridized carbons (Fsp3) is 0.258. The number of nitrogens with zero attached hydrogens (tertiary/aromatic N) is 4. The Morgan fingerprint density at radius 2 is 1.64 bits per heavy atom. The summed E-state index contributed by atoms with van der Waals surface area (Å²) in [7, 11) is -3.96. The van der Waals surface area contributed by atoms with Crippen molar-refractivity contribution in [1.29, 1.82) is 0 Å². The van der Waals surface area contributed by atoms with E-state index < -0.39 is 33.8 Å². The summed E-state index contributed by atoms with van der Waals surface area (Å²) in [5.74, 6) is -1.25. The zero-order valence-corrected chi connectivity index (χ0v) is 23.5. The molecule has 1 N–H and O–H groups in total. The molecule has 10 nitrogen and oxygen atoms in total. The molecule has 0 aliphatic carbocycles. The highest BCUT2D eigenvalue weighted by Crippen LogP contribution is 2.26. The van der Waals surface area contributed by atoms with Crippen molar-refractivity contribution in [2.75, 3.05) is 13.1 Å². The van der Waals surface area contributed by atoms with Crippen LogP contribution in [-0.2, 0) is 32.6 Å². The molecule has 2 aliphatic rings. The van der Waals surface area contributed by atoms with Gasteiger partial charge in [0.05, 0.1) is 18.1 Å². The summed E-state index contributed by atoms with van der Waals surface area (Å²) >= 11 is 0. The first-order valence-corrected chi connectivity index (χ1v) is 15.2. The summed E-state index contributed by atoms with van der Waals surface area (Å²) < 4.78 is 27.3. The van der Waals surface area contributed by atoms with Gasteiger partial charge in [-0.2, -0.15) is 4.31 Å². The lowest BCUT2D eigenvalue weighted by molar-refractivity contribution is -0.130. The number of carbonyl (C=O) groups is 3. The number of hydrogen-bond donors (Lipinski definition) is 1. The van der Waals surface area contributed by atoms with E-state index in [9.17, 15) is 22.8 Å². The van der Waals surface area contributed by atoms with Gasteiger partial charge in [0.15, 0.2) is 10.8 Å². The second kappa shape index (κ2) is 11.4. The summed E-state index contributed by atoms with van der Waals surface area (Å²) in [6, 6.07) is 21.5. The molecule has 2 amide bonds. The number of amides is 2. The lowest BCUT2D eigenvalue weighted by atomic mass is 9.92. The summed E-state index contributed by atoms with van der Waals surface area (Å²) in [5.41, 5.74) is 2.80. The van der Waals surface area contributed by atoms with Crippen LogP contribution >= 0.6 is 0 Å². The van der Waals surface area contributed by atoms with Crippen molar-refractivity contribution in [2.45, 2.75) is 42.9 Å². The molecule has 2 aromatic carbocycles. The number of sulfonamides is 1. The molecule has 2 unspecified atom stereocenters. The predicted molar refractivity (Wildman–Crippen MR) is 155 cm³/mol. The Morgan fingerprint density at radius 1 is 0.881 bits per heavy atom. The minimum absolute atomic E-state index is 0.127. The van der Waals surface area contributed by atoms with Crippen molar-refractivity contribution < 1.29 is 22.8 Å². The Hall–Kier alpha value is -4.48. The van der Waals surface area contributed by atoms with E-state index in [2.05, 4.69) is 15.3 Å². The largest absolute Gasteiger partial charge is 0.344 e. The van der Waals surface area contributed by atoms with Crippen LogP contribution in [0.5, 0.6) is 0 Å². The molecule has 214 valence electrons. The second-order valence-corrected chi connectivity index (χ2v) is 12.4. The van der Waals surface area contributed by atoms with Gasteiger partial charge in [-0.05, 0) is 48.2 Å². The van der Waals surface area contributed by atoms with Gasteiger partial charge in [0.2, 0.25) is 5.91 Å². The maximum absolute atomic E-state index is 13.8. The van der Waals surface area contributed by atoms with Crippen LogP contribution in [0.2, 0.25) is 0 Å². The standard InChI is InChI=1S/C31H29N5O5S/c37-28-20-35(42(40,41)29-13-5-6-16-32-29)17-7-12-25(28)34-30(38)27-18-22-9-1-2-10-23(22)19-36(27)31(39)26-15-14-21-8-3-4-11-24(21)33-26/h1-6,8-11,13-16,25,27H,7,12,17-20H2,(H,34,38). The predicted octanol–water partition coefficient (Wildman–Crippen LogP) is 2.74. The number of rotatable bonds is 5. The van der Waals surface area contributed by atoms with E-state index in [1.807, 2.05) is 54.6 Å². The Balaban J connectivity index is 1.23. The van der Waals surface area contributed by atoms with Crippen molar-refractivity contribution in [3.8, 4) is 0 Å². The number of hydrogen-bond acceptors (Lipinski definition) is 7. The molecule has 1 saturated heterocycles. The zero-order chi connectivity index (χ0) is 29.3. The van der Waals surface area contributed by atoms with E-state index in [1.165, 1.54) is 17.2 Å². The van der Waals surface area contributed by atoms with Crippen LogP contribution in [-0.4, -0.2) is 70.4 Å². The van der Waals surface area contributed by atoms with Gasteiger partial charge < -0.3 is 10.2 Å². The fourth-order valence-corrected chi connectivity index (χ4v) is 6.93. The van der Waals surface area contributed by atoms with E-state index in [0.717, 1.165) is 20.8 Å². The first-order valence-electron chi connectivity index (χ1n) is 13.8. The highest BCUT2D eigenvalue weighted by Gasteiger charge is 2.39. The van der Waals surface area contributed by atoms with Crippen LogP contribution in [0.15, 0.2) is 90.1 Å². The molecule has 0 bridgehead atoms. The average Bonchev–Trinajstić information content (AvgIpc) is 3.21. The highest BCUT2D eigenvalue weighted by atomic mass is 32.2. The third-order valence-corrected chi connectivity index (χ3v) is 9.57. The molecule has 1 fully saturated rings. The molecular weight excluding hydrogens is 554 g/mol. The van der Waals surface area contributed by atoms with Crippen LogP contribution in [0, 0.1) is 0 Å². The number of aromatic nitrogens is 2. The monoisotopic (exact) mass is 583 g/mol. The van der Waals surface area contributed by atoms with Gasteiger partial charge >= 0.3 is 0 Å². The van der Waals surface area contributed by atoms with Gasteiger partial charge in [0, 0.05) is 31.1 Å². The third kappa shape index (κ3) is 5.40. The second-order valence-electron chi connectivity index (χ2n) is 10.5. The first-order chi connectivity index (χ1) is 20.3. The van der Waals surface area contributed by atoms with Gasteiger partial charge in [-0.1, -0.05) is 54.6 Å². The minimum atomic E-state index is -3.96. The number of carbonyl (C=O) groups excluding carboxylic acids is 3. The Bertz CT molecular complexity index is 1780. The fourth-order valence-electron chi connectivity index (χ4n) is 5.56. The minimum Gasteiger partial charge on any atom is -0.344 e. The molecule has 6 rings (SSSR count). The first kappa shape index (κ1) is 27.7. The Labute approximate surface area is 243 Å². The quantitative estimate of drug-likeness (QED) is 0.382. The molecule has 0 radical (unpaired) electrons. The lowest BCUT2D eigenvalue weighted by Gasteiger charge is -2.36. The van der Waals surface area contributed by atoms with Gasteiger partial charge in [0.1, 0.15) is 11.7 Å². The smallest absolute Gasteiger partial charge is 0.273 e. The Morgan fingerprint density at radius 3 is 2.45 bits per heavy atom. The summed E-state index contributed by atoms with van der Waals surface area (Å²) in [6.45, 7) is -0.0244. The number of ketones is 1. The third-order valence-electron chi connectivity index (χ3n) is 7.81. The Kier molecular flexibility index (Phi) is 7.53. The van der Waals surface area contributed by atoms with E-state index in [1.54, 1.807) is 18.2 Å². The molecule has 2 aromatic heterocycles. The highest BCUT2D eigenvalue weighted by molar-refractivity contribution is 7.89. The van der Waals surface area contributed by atoms with Gasteiger partial charge in [-0.25, -0.2) is 18.4 Å². The average molecular weight is 584 g/mol. The maximum Gasteiger partial charge on any atom is 0.273 e. The number of Topliss-reactive ketones (excluding diaryl/α,β-unsaturated/α-hetero) is 1. The molecule has 42 heavy (non-hydrogen) atoms. The number of nitrogens with one attached hydrogen (secondary N) is 1. The van der Waals surface area contributed by atoms with Crippen molar-refractivity contribution in [3.63, 3.8) is 0 Å². The van der Waals surface area contributed by atoms with Gasteiger partial charge in [-0.15, -0.1) is 0 Å². The number of benzene rings is 2. The van der Waals surface area contributed by atoms with Crippen LogP contribution < -0.4 is 5.32 Å². The molecule has 2 atom stereocenters. The summed E-state index contributed by atoms with van der Waals surface area (Å²) in [4.78, 5) is 50.8. The zero-order valence-electron chi connectivity index (χ0n) is 22.7. The normalized spacial score (nSPS) is 19.6. The SMILES string of the molecule is O=C1CN(S(=O)(=O)c2ccccn2)CCCC1NC(=O)C1Cc2ccccc2CN1C(=O)c1ccc2ccccc2n1. The number of pyridine rings is 2. The molecule has 2 aliphatic heterocycles. The van der Waals surface area contributed by atoms with E-state index >= 15 is 0 Å². The van der Waals surface area contributed by atoms with Crippen LogP contribution in [0.25, 0.3) is 10.9 Å². The topological polar surface area (TPSA) is 130 Å². The summed E-state index contributed by atoms with van der Waals surface area (Å²) in [5, 5.41) is 3.62. The van der Waals surface area contributed by atoms with Crippen LogP contribution in [0.4, 0.5) is 0 Å². The van der Waals surface area contributed by atoms with Crippen molar-refractivity contribution >= 4 is 38.5 Å². The lowest BCUT2D eigenvalue weighted by Crippen LogP contribution is -2.56. The van der Waals surface area contributed by atoms with E-state index in [0.29, 0.717) is 11.9 Å².